The molecule has 26 heavy (non-hydrogen) atoms. The van der Waals surface area contributed by atoms with E-state index in [0.717, 1.165) is 9.87 Å². The van der Waals surface area contributed by atoms with Gasteiger partial charge in [0.25, 0.3) is 0 Å². The molecule has 0 saturated carbocycles. The SMILES string of the molecule is COc1ccccc1CNC(=O)Cn1nc(C)c(S(=O)(=O)N(C)C)c1C. The zero-order valence-electron chi connectivity index (χ0n) is 15.6. The lowest BCUT2D eigenvalue weighted by atomic mass is 10.2. The second-order valence-corrected chi connectivity index (χ2v) is 8.12. The van der Waals surface area contributed by atoms with Crippen molar-refractivity contribution < 1.29 is 17.9 Å². The second-order valence-electron chi connectivity index (χ2n) is 6.03. The van der Waals surface area contributed by atoms with E-state index < -0.39 is 10.0 Å². The third kappa shape index (κ3) is 4.05. The van der Waals surface area contributed by atoms with Crippen LogP contribution < -0.4 is 10.1 Å². The van der Waals surface area contributed by atoms with Crippen molar-refractivity contribution in [2.24, 2.45) is 0 Å². The van der Waals surface area contributed by atoms with Crippen LogP contribution in [-0.2, 0) is 27.9 Å². The zero-order chi connectivity index (χ0) is 19.5. The van der Waals surface area contributed by atoms with Crippen LogP contribution in [0.4, 0.5) is 0 Å². The maximum absolute atomic E-state index is 12.4. The first-order valence-electron chi connectivity index (χ1n) is 8.03. The summed E-state index contributed by atoms with van der Waals surface area (Å²) in [6.45, 7) is 3.51. The molecule has 0 fully saturated rings. The molecule has 0 unspecified atom stereocenters. The van der Waals surface area contributed by atoms with Gasteiger partial charge in [-0.1, -0.05) is 18.2 Å². The van der Waals surface area contributed by atoms with Crippen molar-refractivity contribution in [2.75, 3.05) is 21.2 Å². The van der Waals surface area contributed by atoms with Gasteiger partial charge in [-0.25, -0.2) is 12.7 Å². The van der Waals surface area contributed by atoms with Crippen molar-refractivity contribution in [3.63, 3.8) is 0 Å². The Bertz CT molecular complexity index is 903. The highest BCUT2D eigenvalue weighted by Gasteiger charge is 2.27. The summed E-state index contributed by atoms with van der Waals surface area (Å²) in [5.74, 6) is 0.425. The first-order chi connectivity index (χ1) is 12.2. The van der Waals surface area contributed by atoms with Crippen LogP contribution in [0.1, 0.15) is 17.0 Å². The standard InChI is InChI=1S/C17H24N4O4S/c1-12-17(26(23,24)20(3)4)13(2)21(19-12)11-16(22)18-10-14-8-6-7-9-15(14)25-5/h6-9H,10-11H2,1-5H3,(H,18,22). The summed E-state index contributed by atoms with van der Waals surface area (Å²) in [4.78, 5) is 12.4. The van der Waals surface area contributed by atoms with Crippen molar-refractivity contribution >= 4 is 15.9 Å². The topological polar surface area (TPSA) is 93.5 Å². The molecule has 2 aromatic rings. The number of carbonyl (C=O) groups is 1. The van der Waals surface area contributed by atoms with E-state index in [4.69, 9.17) is 4.74 Å². The lowest BCUT2D eigenvalue weighted by Gasteiger charge is -2.12. The second kappa shape index (κ2) is 7.88. The van der Waals surface area contributed by atoms with Crippen molar-refractivity contribution in [1.29, 1.82) is 0 Å². The average molecular weight is 380 g/mol. The Hall–Kier alpha value is -2.39. The maximum Gasteiger partial charge on any atom is 0.246 e. The molecule has 1 aromatic heterocycles. The number of nitrogens with one attached hydrogen (secondary N) is 1. The van der Waals surface area contributed by atoms with Gasteiger partial charge in [-0.3, -0.25) is 9.48 Å². The van der Waals surface area contributed by atoms with Gasteiger partial charge in [0.15, 0.2) is 0 Å². The van der Waals surface area contributed by atoms with Crippen LogP contribution in [0.3, 0.4) is 0 Å². The van der Waals surface area contributed by atoms with E-state index >= 15 is 0 Å². The molecule has 142 valence electrons. The molecule has 9 heteroatoms. The molecule has 1 amide bonds. The summed E-state index contributed by atoms with van der Waals surface area (Å²) in [7, 11) is 0.885. The number of amides is 1. The van der Waals surface area contributed by atoms with Crippen molar-refractivity contribution in [2.45, 2.75) is 31.8 Å². The molecule has 0 aliphatic carbocycles. The van der Waals surface area contributed by atoms with Gasteiger partial charge in [-0.2, -0.15) is 5.10 Å². The first-order valence-corrected chi connectivity index (χ1v) is 9.47. The molecule has 0 bridgehead atoms. The molecule has 0 saturated heterocycles. The van der Waals surface area contributed by atoms with Crippen LogP contribution in [-0.4, -0.2) is 49.6 Å². The zero-order valence-corrected chi connectivity index (χ0v) is 16.4. The van der Waals surface area contributed by atoms with E-state index in [0.29, 0.717) is 23.7 Å². The van der Waals surface area contributed by atoms with Gasteiger partial charge in [0, 0.05) is 26.2 Å². The Balaban J connectivity index is 2.13. The Kier molecular flexibility index (Phi) is 6.04. The number of sulfonamides is 1. The van der Waals surface area contributed by atoms with Crippen molar-refractivity contribution in [3.05, 3.63) is 41.2 Å². The van der Waals surface area contributed by atoms with Gasteiger partial charge in [-0.15, -0.1) is 0 Å². The summed E-state index contributed by atoms with van der Waals surface area (Å²) in [5, 5.41) is 7.01. The molecule has 1 heterocycles. The number of aromatic nitrogens is 2. The van der Waals surface area contributed by atoms with Crippen molar-refractivity contribution in [3.8, 4) is 5.75 Å². The van der Waals surface area contributed by atoms with Gasteiger partial charge < -0.3 is 10.1 Å². The highest BCUT2D eigenvalue weighted by Crippen LogP contribution is 2.22. The molecular formula is C17H24N4O4S. The summed E-state index contributed by atoms with van der Waals surface area (Å²) < 4.78 is 32.6. The molecule has 2 rings (SSSR count). The van der Waals surface area contributed by atoms with Crippen LogP contribution in [0.5, 0.6) is 5.75 Å². The quantitative estimate of drug-likeness (QED) is 0.776. The number of benzene rings is 1. The van der Waals surface area contributed by atoms with Crippen LogP contribution in [0.2, 0.25) is 0 Å². The number of carbonyl (C=O) groups excluding carboxylic acids is 1. The lowest BCUT2D eigenvalue weighted by molar-refractivity contribution is -0.122. The number of rotatable bonds is 7. The van der Waals surface area contributed by atoms with Gasteiger partial charge in [0.2, 0.25) is 15.9 Å². The Morgan fingerprint density at radius 2 is 1.92 bits per heavy atom. The Labute approximate surface area is 153 Å². The summed E-state index contributed by atoms with van der Waals surface area (Å²) in [6.07, 6.45) is 0. The number of methoxy groups -OCH3 is 1. The van der Waals surface area contributed by atoms with Gasteiger partial charge in [0.05, 0.1) is 18.5 Å². The predicted octanol–water partition coefficient (Wildman–Crippen LogP) is 1.08. The van der Waals surface area contributed by atoms with Crippen LogP contribution >= 0.6 is 0 Å². The monoisotopic (exact) mass is 380 g/mol. The van der Waals surface area contributed by atoms with E-state index in [1.165, 1.54) is 18.8 Å². The summed E-state index contributed by atoms with van der Waals surface area (Å²) >= 11 is 0. The van der Waals surface area contributed by atoms with Gasteiger partial charge >= 0.3 is 0 Å². The summed E-state index contributed by atoms with van der Waals surface area (Å²) in [5.41, 5.74) is 1.66. The fourth-order valence-electron chi connectivity index (χ4n) is 2.63. The molecule has 0 atom stereocenters. The fourth-order valence-corrected chi connectivity index (χ4v) is 3.88. The number of ether oxygens (including phenoxy) is 1. The molecule has 1 N–H and O–H groups in total. The minimum atomic E-state index is -3.62. The van der Waals surface area contributed by atoms with Crippen LogP contribution in [0, 0.1) is 13.8 Å². The molecule has 0 aliphatic heterocycles. The minimum absolute atomic E-state index is 0.0647. The maximum atomic E-state index is 12.4. The van der Waals surface area contributed by atoms with Gasteiger partial charge in [0.1, 0.15) is 17.2 Å². The molecule has 0 aliphatic rings. The largest absolute Gasteiger partial charge is 0.496 e. The number of aryl methyl sites for hydroxylation is 1. The van der Waals surface area contributed by atoms with E-state index in [-0.39, 0.29) is 17.3 Å². The van der Waals surface area contributed by atoms with Gasteiger partial charge in [-0.05, 0) is 19.9 Å². The Morgan fingerprint density at radius 3 is 2.54 bits per heavy atom. The highest BCUT2D eigenvalue weighted by atomic mass is 32.2. The predicted molar refractivity (Wildman–Crippen MR) is 97.4 cm³/mol. The Morgan fingerprint density at radius 1 is 1.27 bits per heavy atom. The van der Waals surface area contributed by atoms with Crippen LogP contribution in [0.15, 0.2) is 29.2 Å². The van der Waals surface area contributed by atoms with Crippen LogP contribution in [0.25, 0.3) is 0 Å². The number of para-hydroxylation sites is 1. The summed E-state index contributed by atoms with van der Waals surface area (Å²) in [6, 6.07) is 7.40. The number of hydrogen-bond donors (Lipinski definition) is 1. The molecular weight excluding hydrogens is 356 g/mol. The number of nitrogens with zero attached hydrogens (tertiary/aromatic N) is 3. The third-order valence-electron chi connectivity index (χ3n) is 4.02. The van der Waals surface area contributed by atoms with Crippen molar-refractivity contribution in [1.82, 2.24) is 19.4 Å². The molecule has 0 spiro atoms. The highest BCUT2D eigenvalue weighted by molar-refractivity contribution is 7.89. The lowest BCUT2D eigenvalue weighted by Crippen LogP contribution is -2.28. The van der Waals surface area contributed by atoms with E-state index in [1.54, 1.807) is 21.0 Å². The van der Waals surface area contributed by atoms with E-state index in [1.807, 2.05) is 24.3 Å². The molecule has 1 aromatic carbocycles. The minimum Gasteiger partial charge on any atom is -0.496 e. The third-order valence-corrected chi connectivity index (χ3v) is 6.08. The molecule has 8 nitrogen and oxygen atoms in total. The first kappa shape index (κ1) is 19.9. The smallest absolute Gasteiger partial charge is 0.246 e. The average Bonchev–Trinajstić information content (AvgIpc) is 2.87. The normalized spacial score (nSPS) is 11.6. The number of hydrogen-bond acceptors (Lipinski definition) is 5. The van der Waals surface area contributed by atoms with E-state index in [2.05, 4.69) is 10.4 Å². The molecule has 0 radical (unpaired) electrons. The van der Waals surface area contributed by atoms with E-state index in [9.17, 15) is 13.2 Å². The fraction of sp³-hybridized carbons (Fsp3) is 0.412.